The van der Waals surface area contributed by atoms with E-state index in [4.69, 9.17) is 9.47 Å². The highest BCUT2D eigenvalue weighted by Gasteiger charge is 2.39. The molecule has 1 aliphatic heterocycles. The van der Waals surface area contributed by atoms with Crippen molar-refractivity contribution in [3.8, 4) is 0 Å². The Hall–Kier alpha value is -3.43. The number of carbonyl (C=O) groups is 2. The number of likely N-dealkylation sites (N-methyl/N-ethyl adjacent to an activating group) is 1. The molecule has 10 heteroatoms. The fourth-order valence-corrected chi connectivity index (χ4v) is 3.89. The van der Waals surface area contributed by atoms with Crippen LogP contribution in [0.4, 0.5) is 28.4 Å². The summed E-state index contributed by atoms with van der Waals surface area (Å²) in [7, 11) is 1.42. The fraction of sp³-hybridized carbons (Fsp3) is 0.462. The Morgan fingerprint density at radius 3 is 2.47 bits per heavy atom. The van der Waals surface area contributed by atoms with E-state index < -0.39 is 41.6 Å². The molecule has 0 saturated carbocycles. The maximum absolute atomic E-state index is 14.9. The number of carbonyl (C=O) groups excluding carboxylic acids is 2. The Morgan fingerprint density at radius 1 is 1.11 bits per heavy atom. The van der Waals surface area contributed by atoms with Gasteiger partial charge in [-0.05, 0) is 44.4 Å². The van der Waals surface area contributed by atoms with Crippen LogP contribution in [-0.2, 0) is 22.5 Å². The normalized spacial score (nSPS) is 17.6. The molecule has 1 N–H and O–H groups in total. The van der Waals surface area contributed by atoms with Gasteiger partial charge in [0, 0.05) is 26.2 Å². The first-order valence-electron chi connectivity index (χ1n) is 11.7. The lowest BCUT2D eigenvalue weighted by molar-refractivity contribution is 0.0528. The zero-order valence-corrected chi connectivity index (χ0v) is 20.9. The van der Waals surface area contributed by atoms with Crippen LogP contribution < -0.4 is 10.2 Å². The van der Waals surface area contributed by atoms with Crippen molar-refractivity contribution >= 4 is 17.9 Å². The van der Waals surface area contributed by atoms with Crippen LogP contribution in [0.2, 0.25) is 0 Å². The van der Waals surface area contributed by atoms with Crippen LogP contribution in [0, 0.1) is 11.6 Å². The average molecular weight is 508 g/mol. The standard InChI is InChI=1S/C26H32F3N3O4/c1-26(2,3)36-24(33)30-11-10-18-12-20(28)22(13-19(18)27)32-14-21(29)23(15-32)31(4)25(34)35-16-17-8-6-5-7-9-17/h5-9,12-13,21,23H,10-11,14-16H2,1-4H3,(H,30,33)/t21-,23+/m0/s1. The van der Waals surface area contributed by atoms with Crippen LogP contribution in [0.1, 0.15) is 31.9 Å². The second-order valence-electron chi connectivity index (χ2n) is 9.71. The Kier molecular flexibility index (Phi) is 8.70. The molecule has 1 heterocycles. The molecular formula is C26H32F3N3O4. The lowest BCUT2D eigenvalue weighted by atomic mass is 10.1. The van der Waals surface area contributed by atoms with Gasteiger partial charge >= 0.3 is 12.2 Å². The summed E-state index contributed by atoms with van der Waals surface area (Å²) < 4.78 is 54.8. The van der Waals surface area contributed by atoms with Crippen LogP contribution >= 0.6 is 0 Å². The van der Waals surface area contributed by atoms with Crippen LogP contribution in [0.15, 0.2) is 42.5 Å². The van der Waals surface area contributed by atoms with Crippen LogP contribution in [0.5, 0.6) is 0 Å². The minimum atomic E-state index is -1.47. The number of hydrogen-bond donors (Lipinski definition) is 1. The number of halogens is 3. The molecule has 2 aromatic carbocycles. The second-order valence-corrected chi connectivity index (χ2v) is 9.71. The summed E-state index contributed by atoms with van der Waals surface area (Å²) in [5.41, 5.74) is 0.106. The summed E-state index contributed by atoms with van der Waals surface area (Å²) in [5, 5.41) is 2.50. The maximum atomic E-state index is 14.9. The molecular weight excluding hydrogens is 475 g/mol. The van der Waals surface area contributed by atoms with Crippen molar-refractivity contribution in [2.75, 3.05) is 31.6 Å². The zero-order chi connectivity index (χ0) is 26.5. The van der Waals surface area contributed by atoms with E-state index in [1.54, 1.807) is 32.9 Å². The average Bonchev–Trinajstić information content (AvgIpc) is 3.19. The summed E-state index contributed by atoms with van der Waals surface area (Å²) in [6.45, 7) is 5.04. The number of amides is 2. The van der Waals surface area contributed by atoms with Gasteiger partial charge in [0.15, 0.2) is 0 Å². The molecule has 2 atom stereocenters. The van der Waals surface area contributed by atoms with Gasteiger partial charge in [0.05, 0.1) is 18.3 Å². The number of nitrogens with zero attached hydrogens (tertiary/aromatic N) is 2. The minimum absolute atomic E-state index is 0.0198. The van der Waals surface area contributed by atoms with Gasteiger partial charge in [-0.3, -0.25) is 0 Å². The summed E-state index contributed by atoms with van der Waals surface area (Å²) in [5.74, 6) is -1.39. The molecule has 1 saturated heterocycles. The van der Waals surface area contributed by atoms with Crippen molar-refractivity contribution in [2.24, 2.45) is 0 Å². The Labute approximate surface area is 209 Å². The third-order valence-corrected chi connectivity index (χ3v) is 5.73. The SMILES string of the molecule is CN(C(=O)OCc1ccccc1)[C@@H]1CN(c2cc(F)c(CCNC(=O)OC(C)(C)C)cc2F)C[C@@H]1F. The van der Waals surface area contributed by atoms with E-state index in [1.807, 2.05) is 18.2 Å². The number of nitrogens with one attached hydrogen (secondary N) is 1. The number of ether oxygens (including phenoxy) is 2. The highest BCUT2D eigenvalue weighted by Crippen LogP contribution is 2.29. The van der Waals surface area contributed by atoms with Crippen molar-refractivity contribution < 1.29 is 32.2 Å². The third-order valence-electron chi connectivity index (χ3n) is 5.73. The van der Waals surface area contributed by atoms with Crippen LogP contribution in [-0.4, -0.2) is 61.6 Å². The topological polar surface area (TPSA) is 71.1 Å². The highest BCUT2D eigenvalue weighted by atomic mass is 19.1. The van der Waals surface area contributed by atoms with Crippen molar-refractivity contribution in [1.82, 2.24) is 10.2 Å². The maximum Gasteiger partial charge on any atom is 0.410 e. The molecule has 2 aromatic rings. The predicted octanol–water partition coefficient (Wildman–Crippen LogP) is 4.83. The largest absolute Gasteiger partial charge is 0.445 e. The molecule has 3 rings (SSSR count). The van der Waals surface area contributed by atoms with E-state index >= 15 is 0 Å². The second kappa shape index (κ2) is 11.5. The molecule has 0 bridgehead atoms. The molecule has 1 fully saturated rings. The zero-order valence-electron chi connectivity index (χ0n) is 20.9. The number of benzene rings is 2. The molecule has 1 aliphatic rings. The molecule has 0 aliphatic carbocycles. The highest BCUT2D eigenvalue weighted by molar-refractivity contribution is 5.68. The molecule has 196 valence electrons. The molecule has 36 heavy (non-hydrogen) atoms. The summed E-state index contributed by atoms with van der Waals surface area (Å²) in [6, 6.07) is 10.3. The van der Waals surface area contributed by atoms with E-state index in [0.717, 1.165) is 22.6 Å². The number of rotatable bonds is 7. The fourth-order valence-electron chi connectivity index (χ4n) is 3.89. The van der Waals surface area contributed by atoms with Crippen molar-refractivity contribution in [3.05, 3.63) is 65.2 Å². The number of hydrogen-bond acceptors (Lipinski definition) is 5. The van der Waals surface area contributed by atoms with Crippen LogP contribution in [0.3, 0.4) is 0 Å². The van der Waals surface area contributed by atoms with E-state index in [1.165, 1.54) is 11.9 Å². The van der Waals surface area contributed by atoms with Crippen LogP contribution in [0.25, 0.3) is 0 Å². The number of alkyl halides is 1. The lowest BCUT2D eigenvalue weighted by Crippen LogP contribution is -2.43. The van der Waals surface area contributed by atoms with Crippen molar-refractivity contribution in [3.63, 3.8) is 0 Å². The van der Waals surface area contributed by atoms with Gasteiger partial charge in [0.2, 0.25) is 0 Å². The van der Waals surface area contributed by atoms with E-state index in [2.05, 4.69) is 5.32 Å². The smallest absolute Gasteiger partial charge is 0.410 e. The Morgan fingerprint density at radius 2 is 1.81 bits per heavy atom. The molecule has 0 aromatic heterocycles. The van der Waals surface area contributed by atoms with Gasteiger partial charge in [-0.2, -0.15) is 0 Å². The minimum Gasteiger partial charge on any atom is -0.445 e. The van der Waals surface area contributed by atoms with Crippen molar-refractivity contribution in [2.45, 2.75) is 51.6 Å². The Balaban J connectivity index is 1.58. The predicted molar refractivity (Wildman–Crippen MR) is 130 cm³/mol. The van der Waals surface area contributed by atoms with E-state index in [9.17, 15) is 22.8 Å². The van der Waals surface area contributed by atoms with E-state index in [-0.39, 0.29) is 43.9 Å². The Bertz CT molecular complexity index is 1060. The molecule has 0 unspecified atom stereocenters. The van der Waals surface area contributed by atoms with Gasteiger partial charge in [0.25, 0.3) is 0 Å². The first kappa shape index (κ1) is 27.2. The van der Waals surface area contributed by atoms with Gasteiger partial charge in [-0.15, -0.1) is 0 Å². The number of anilines is 1. The van der Waals surface area contributed by atoms with Gasteiger partial charge < -0.3 is 24.6 Å². The van der Waals surface area contributed by atoms with Gasteiger partial charge in [-0.1, -0.05) is 30.3 Å². The van der Waals surface area contributed by atoms with Gasteiger partial charge in [-0.25, -0.2) is 22.8 Å². The third kappa shape index (κ3) is 7.29. The van der Waals surface area contributed by atoms with Crippen molar-refractivity contribution in [1.29, 1.82) is 0 Å². The molecule has 0 spiro atoms. The molecule has 0 radical (unpaired) electrons. The first-order valence-corrected chi connectivity index (χ1v) is 11.7. The quantitative estimate of drug-likeness (QED) is 0.582. The monoisotopic (exact) mass is 507 g/mol. The molecule has 7 nitrogen and oxygen atoms in total. The first-order chi connectivity index (χ1) is 16.9. The molecule has 2 amide bonds. The van der Waals surface area contributed by atoms with Gasteiger partial charge in [0.1, 0.15) is 30.0 Å². The van der Waals surface area contributed by atoms with E-state index in [0.29, 0.717) is 0 Å². The summed E-state index contributed by atoms with van der Waals surface area (Å²) >= 11 is 0. The number of alkyl carbamates (subject to hydrolysis) is 1. The summed E-state index contributed by atoms with van der Waals surface area (Å²) in [4.78, 5) is 26.7. The summed E-state index contributed by atoms with van der Waals surface area (Å²) in [6.07, 6.45) is -2.78. The lowest BCUT2D eigenvalue weighted by Gasteiger charge is -2.25.